The zero-order valence-corrected chi connectivity index (χ0v) is 15.8. The van der Waals surface area contributed by atoms with Crippen LogP contribution in [0.4, 0.5) is 0 Å². The monoisotopic (exact) mass is 484 g/mol. The zero-order chi connectivity index (χ0) is 17.4. The molecule has 0 aromatic carbocycles. The van der Waals surface area contributed by atoms with Crippen molar-refractivity contribution in [3.05, 3.63) is 0 Å². The summed E-state index contributed by atoms with van der Waals surface area (Å²) in [6.07, 6.45) is -8.68. The Hall–Kier alpha value is 0.930. The highest BCUT2D eigenvalue weighted by Crippen LogP contribution is 2.38. The Kier molecular flexibility index (Phi) is 7.12. The fourth-order valence-electron chi connectivity index (χ4n) is 2.56. The van der Waals surface area contributed by atoms with Gasteiger partial charge in [0.2, 0.25) is 5.79 Å². The lowest BCUT2D eigenvalue weighted by molar-refractivity contribution is -0.356. The molecule has 0 aromatic rings. The van der Waals surface area contributed by atoms with Crippen molar-refractivity contribution in [1.29, 1.82) is 0 Å². The summed E-state index contributed by atoms with van der Waals surface area (Å²) < 4.78 is 16.5. The van der Waals surface area contributed by atoms with Crippen LogP contribution < -0.4 is 0 Å². The van der Waals surface area contributed by atoms with Gasteiger partial charge in [-0.15, -0.1) is 11.6 Å². The van der Waals surface area contributed by atoms with Crippen LogP contribution >= 0.6 is 43.5 Å². The largest absolute Gasteiger partial charge is 0.394 e. The van der Waals surface area contributed by atoms with E-state index in [-0.39, 0.29) is 10.7 Å². The van der Waals surface area contributed by atoms with Crippen molar-refractivity contribution in [2.45, 2.75) is 54.1 Å². The maximum Gasteiger partial charge on any atom is 0.210 e. The Morgan fingerprint density at radius 3 is 2.17 bits per heavy atom. The molecule has 0 aromatic heterocycles. The molecule has 9 atom stereocenters. The van der Waals surface area contributed by atoms with E-state index in [9.17, 15) is 25.5 Å². The lowest BCUT2D eigenvalue weighted by Crippen LogP contribution is -2.61. The summed E-state index contributed by atoms with van der Waals surface area (Å²) in [4.78, 5) is 0. The van der Waals surface area contributed by atoms with E-state index in [4.69, 9.17) is 25.8 Å². The predicted octanol–water partition coefficient (Wildman–Crippen LogP) is -1.34. The number of rotatable bonds is 5. The summed E-state index contributed by atoms with van der Waals surface area (Å²) in [5.74, 6) is -1.69. The van der Waals surface area contributed by atoms with Gasteiger partial charge in [0.1, 0.15) is 30.5 Å². The van der Waals surface area contributed by atoms with Crippen LogP contribution in [0.5, 0.6) is 0 Å². The Morgan fingerprint density at radius 2 is 1.70 bits per heavy atom. The van der Waals surface area contributed by atoms with E-state index < -0.39 is 60.7 Å². The van der Waals surface area contributed by atoms with Crippen LogP contribution in [-0.4, -0.2) is 96.9 Å². The normalized spacial score (nSPS) is 51.1. The highest BCUT2D eigenvalue weighted by molar-refractivity contribution is 9.09. The summed E-state index contributed by atoms with van der Waals surface area (Å²) in [6.45, 7) is -0.491. The second kappa shape index (κ2) is 8.09. The molecule has 5 N–H and O–H groups in total. The molecule has 2 fully saturated rings. The molecule has 0 bridgehead atoms. The highest BCUT2D eigenvalue weighted by atomic mass is 79.9. The molecule has 0 amide bonds. The second-order valence-electron chi connectivity index (χ2n) is 5.46. The van der Waals surface area contributed by atoms with Gasteiger partial charge < -0.3 is 39.7 Å². The number of aliphatic hydroxyl groups is 5. The average Bonchev–Trinajstić information content (AvgIpc) is 2.80. The maximum atomic E-state index is 10.2. The molecule has 2 saturated heterocycles. The number of aliphatic hydroxyl groups excluding tert-OH is 5. The summed E-state index contributed by atoms with van der Waals surface area (Å²) in [7, 11) is 0. The van der Waals surface area contributed by atoms with Crippen molar-refractivity contribution in [2.75, 3.05) is 17.3 Å². The number of ether oxygens (including phenoxy) is 3. The van der Waals surface area contributed by atoms with E-state index in [0.29, 0.717) is 0 Å². The van der Waals surface area contributed by atoms with Gasteiger partial charge in [0.25, 0.3) is 0 Å². The third-order valence-corrected chi connectivity index (χ3v) is 5.92. The van der Waals surface area contributed by atoms with Crippen molar-refractivity contribution in [1.82, 2.24) is 0 Å². The van der Waals surface area contributed by atoms with Crippen molar-refractivity contribution in [3.63, 3.8) is 0 Å². The number of hydrogen-bond donors (Lipinski definition) is 5. The molecular formula is C12H19Br2ClO8. The van der Waals surface area contributed by atoms with Crippen LogP contribution in [0, 0.1) is 0 Å². The highest BCUT2D eigenvalue weighted by Gasteiger charge is 2.57. The van der Waals surface area contributed by atoms with Gasteiger partial charge in [-0.25, -0.2) is 0 Å². The van der Waals surface area contributed by atoms with Crippen LogP contribution in [-0.2, 0) is 14.2 Å². The van der Waals surface area contributed by atoms with E-state index in [1.807, 2.05) is 0 Å². The quantitative estimate of drug-likeness (QED) is 0.302. The first-order valence-electron chi connectivity index (χ1n) is 6.91. The van der Waals surface area contributed by atoms with Gasteiger partial charge in [-0.1, -0.05) is 31.9 Å². The van der Waals surface area contributed by atoms with Gasteiger partial charge >= 0.3 is 0 Å². The Bertz CT molecular complexity index is 405. The van der Waals surface area contributed by atoms with E-state index >= 15 is 0 Å². The number of alkyl halides is 3. The predicted molar refractivity (Wildman–Crippen MR) is 85.7 cm³/mol. The molecule has 2 aliphatic heterocycles. The Morgan fingerprint density at radius 1 is 1.04 bits per heavy atom. The summed E-state index contributed by atoms with van der Waals surface area (Å²) in [5, 5.41) is 48.7. The van der Waals surface area contributed by atoms with E-state index in [1.165, 1.54) is 0 Å². The Balaban J connectivity index is 2.18. The summed E-state index contributed by atoms with van der Waals surface area (Å²) >= 11 is 12.2. The van der Waals surface area contributed by atoms with E-state index in [0.717, 1.165) is 0 Å². The molecule has 0 saturated carbocycles. The molecule has 2 heterocycles. The fourth-order valence-corrected chi connectivity index (χ4v) is 3.96. The molecule has 0 radical (unpaired) electrons. The molecule has 2 aliphatic rings. The first-order chi connectivity index (χ1) is 10.8. The van der Waals surface area contributed by atoms with Gasteiger partial charge in [-0.2, -0.15) is 0 Å². The Labute approximate surface area is 154 Å². The molecule has 0 aliphatic carbocycles. The standard InChI is InChI=1S/C12H19Br2ClO8/c13-1-4-7(17)10(20)12(3-14,22-4)23-11-9(19)8(18)6(15)5(2-16)21-11/h4-11,16-20H,1-3H2/t4-,5-,6+,7-,8+,9-,10+,11-,12+/m1/s1. The van der Waals surface area contributed by atoms with Crippen LogP contribution in [0.3, 0.4) is 0 Å². The second-order valence-corrected chi connectivity index (χ2v) is 7.17. The minimum absolute atomic E-state index is 0.0293. The first-order valence-corrected chi connectivity index (χ1v) is 9.59. The van der Waals surface area contributed by atoms with Crippen LogP contribution in [0.2, 0.25) is 0 Å². The van der Waals surface area contributed by atoms with Gasteiger partial charge in [0.05, 0.1) is 23.4 Å². The average molecular weight is 487 g/mol. The third kappa shape index (κ3) is 3.72. The van der Waals surface area contributed by atoms with Crippen LogP contribution in [0.25, 0.3) is 0 Å². The van der Waals surface area contributed by atoms with E-state index in [1.54, 1.807) is 0 Å². The minimum Gasteiger partial charge on any atom is -0.394 e. The molecule has 11 heteroatoms. The first kappa shape index (κ1) is 20.2. The van der Waals surface area contributed by atoms with Crippen molar-refractivity contribution in [2.24, 2.45) is 0 Å². The van der Waals surface area contributed by atoms with Crippen molar-refractivity contribution < 1.29 is 39.7 Å². The molecule has 2 rings (SSSR count). The van der Waals surface area contributed by atoms with Gasteiger partial charge in [-0.3, -0.25) is 0 Å². The van der Waals surface area contributed by atoms with Gasteiger partial charge in [0.15, 0.2) is 6.29 Å². The smallest absolute Gasteiger partial charge is 0.210 e. The van der Waals surface area contributed by atoms with Crippen molar-refractivity contribution in [3.8, 4) is 0 Å². The van der Waals surface area contributed by atoms with Gasteiger partial charge in [-0.05, 0) is 0 Å². The minimum atomic E-state index is -1.69. The molecular weight excluding hydrogens is 467 g/mol. The SMILES string of the molecule is OC[C@H]1O[C@H](O[C@]2(CBr)O[C@H](CBr)[C@@H](O)[C@@H]2O)[C@H](O)[C@@H](O)[C@H]1Cl. The lowest BCUT2D eigenvalue weighted by atomic mass is 10.0. The summed E-state index contributed by atoms with van der Waals surface area (Å²) in [6, 6.07) is 0. The molecule has 23 heavy (non-hydrogen) atoms. The van der Waals surface area contributed by atoms with E-state index in [2.05, 4.69) is 31.9 Å². The zero-order valence-electron chi connectivity index (χ0n) is 11.8. The number of hydrogen-bond acceptors (Lipinski definition) is 8. The maximum absolute atomic E-state index is 10.2. The molecule has 0 spiro atoms. The lowest BCUT2D eigenvalue weighted by Gasteiger charge is -2.43. The van der Waals surface area contributed by atoms with Crippen LogP contribution in [0.1, 0.15) is 0 Å². The third-order valence-electron chi connectivity index (χ3n) is 3.96. The molecule has 0 unspecified atom stereocenters. The van der Waals surface area contributed by atoms with Crippen molar-refractivity contribution >= 4 is 43.5 Å². The van der Waals surface area contributed by atoms with Crippen LogP contribution in [0.15, 0.2) is 0 Å². The molecule has 136 valence electrons. The fraction of sp³-hybridized carbons (Fsp3) is 1.00. The molecule has 8 nitrogen and oxygen atoms in total. The van der Waals surface area contributed by atoms with Gasteiger partial charge in [0, 0.05) is 5.33 Å². The summed E-state index contributed by atoms with van der Waals surface area (Å²) in [5.41, 5.74) is 0. The topological polar surface area (TPSA) is 129 Å². The number of halogens is 3.